The fourth-order valence-electron chi connectivity index (χ4n) is 3.24. The van der Waals surface area contributed by atoms with Crippen LogP contribution in [-0.4, -0.2) is 57.9 Å². The minimum Gasteiger partial charge on any atom is -0.456 e. The lowest BCUT2D eigenvalue weighted by atomic mass is 10.0. The van der Waals surface area contributed by atoms with Crippen molar-refractivity contribution in [1.29, 1.82) is 0 Å². The number of hydrogen-bond acceptors (Lipinski definition) is 9. The number of nitrogens with zero attached hydrogens (tertiary/aromatic N) is 1. The molecule has 3 amide bonds. The zero-order valence-electron chi connectivity index (χ0n) is 21.3. The van der Waals surface area contributed by atoms with Crippen LogP contribution in [0.5, 0.6) is 0 Å². The van der Waals surface area contributed by atoms with Crippen LogP contribution in [-0.2, 0) is 30.5 Å². The Morgan fingerprint density at radius 3 is 2.62 bits per heavy atom. The summed E-state index contributed by atoms with van der Waals surface area (Å²) in [6.45, 7) is 8.59. The number of esters is 1. The van der Waals surface area contributed by atoms with Gasteiger partial charge in [-0.1, -0.05) is 38.3 Å². The van der Waals surface area contributed by atoms with Gasteiger partial charge in [-0.25, -0.2) is 9.78 Å². The van der Waals surface area contributed by atoms with E-state index in [1.54, 1.807) is 32.1 Å². The molecule has 0 radical (unpaired) electrons. The molecule has 3 N–H and O–H groups in total. The van der Waals surface area contributed by atoms with Crippen LogP contribution in [0.15, 0.2) is 41.5 Å². The van der Waals surface area contributed by atoms with Crippen molar-refractivity contribution in [2.75, 3.05) is 12.0 Å². The second-order valence-electron chi connectivity index (χ2n) is 8.49. The van der Waals surface area contributed by atoms with E-state index in [1.165, 1.54) is 36.5 Å². The van der Waals surface area contributed by atoms with E-state index in [2.05, 4.69) is 27.5 Å². The number of pyridine rings is 1. The number of allylic oxidation sites excluding steroid dienone is 1. The van der Waals surface area contributed by atoms with Crippen LogP contribution in [0.3, 0.4) is 0 Å². The zero-order valence-corrected chi connectivity index (χ0v) is 22.9. The van der Waals surface area contributed by atoms with Crippen LogP contribution < -0.4 is 16.0 Å². The van der Waals surface area contributed by atoms with Gasteiger partial charge >= 0.3 is 5.97 Å². The molecule has 0 unspecified atom stereocenters. The van der Waals surface area contributed by atoms with Crippen molar-refractivity contribution in [3.05, 3.63) is 47.9 Å². The van der Waals surface area contributed by atoms with Crippen molar-refractivity contribution >= 4 is 52.3 Å². The van der Waals surface area contributed by atoms with Gasteiger partial charge in [-0.15, -0.1) is 11.8 Å². The first-order valence-corrected chi connectivity index (χ1v) is 13.8. The second-order valence-corrected chi connectivity index (χ2v) is 10.6. The molecule has 0 aliphatic carbocycles. The maximum atomic E-state index is 13.0. The van der Waals surface area contributed by atoms with Gasteiger partial charge in [0.15, 0.2) is 5.12 Å². The number of cyclic esters (lactones) is 1. The molecule has 12 heteroatoms. The fraction of sp³-hybridized carbons (Fsp3) is 0.440. The van der Waals surface area contributed by atoms with E-state index in [4.69, 9.17) is 4.74 Å². The van der Waals surface area contributed by atoms with Gasteiger partial charge in [-0.2, -0.15) is 0 Å². The third-order valence-electron chi connectivity index (χ3n) is 5.18. The first-order chi connectivity index (χ1) is 17.5. The quantitative estimate of drug-likeness (QED) is 0.160. The number of ether oxygens (including phenoxy) is 1. The Balaban J connectivity index is 2.36. The molecule has 1 aromatic heterocycles. The molecule has 200 valence electrons. The Kier molecular flexibility index (Phi) is 11.9. The molecule has 2 bridgehead atoms. The number of fused-ring (bicyclic) bond motifs is 2. The Labute approximate surface area is 224 Å². The second kappa shape index (κ2) is 14.6. The van der Waals surface area contributed by atoms with Crippen molar-refractivity contribution in [2.24, 2.45) is 5.92 Å². The standard InChI is InChI=1S/C25H32N4O6S2/c1-14(2)22-25(34)35-17(8-6-7-11-37-16(4)30)12-21(31)26-13-19-20(36-5)10-9-18(28-19)24(33)27-15(3)23(32)29-22/h6,8-10,14,17,22H,3,7,11-13H2,1-2,4-5H3,(H,26,31)(H,27,33)(H,29,32)/b8-6+/t17-,22+/m1/s1. The largest absolute Gasteiger partial charge is 0.456 e. The van der Waals surface area contributed by atoms with Crippen LogP contribution in [0.2, 0.25) is 0 Å². The minimum absolute atomic E-state index is 0.000464. The summed E-state index contributed by atoms with van der Waals surface area (Å²) in [6, 6.07) is 2.17. The average Bonchev–Trinajstić information content (AvgIpc) is 2.84. The number of hydrogen-bond donors (Lipinski definition) is 3. The van der Waals surface area contributed by atoms with E-state index in [-0.39, 0.29) is 35.4 Å². The summed E-state index contributed by atoms with van der Waals surface area (Å²) in [5.74, 6) is -2.32. The molecule has 1 aromatic rings. The summed E-state index contributed by atoms with van der Waals surface area (Å²) < 4.78 is 5.60. The van der Waals surface area contributed by atoms with Crippen molar-refractivity contribution in [3.63, 3.8) is 0 Å². The zero-order chi connectivity index (χ0) is 27.5. The Hall–Kier alpha value is -3.12. The van der Waals surface area contributed by atoms with Crippen LogP contribution >= 0.6 is 23.5 Å². The summed E-state index contributed by atoms with van der Waals surface area (Å²) in [7, 11) is 0. The molecule has 0 spiro atoms. The molecule has 1 aliphatic rings. The Morgan fingerprint density at radius 2 is 1.97 bits per heavy atom. The van der Waals surface area contributed by atoms with Gasteiger partial charge in [0, 0.05) is 17.6 Å². The first-order valence-electron chi connectivity index (χ1n) is 11.6. The number of carbonyl (C=O) groups excluding carboxylic acids is 5. The van der Waals surface area contributed by atoms with E-state index in [9.17, 15) is 24.0 Å². The molecule has 0 saturated heterocycles. The van der Waals surface area contributed by atoms with Crippen molar-refractivity contribution in [2.45, 2.75) is 57.2 Å². The molecule has 1 aliphatic heterocycles. The number of rotatable bonds is 6. The van der Waals surface area contributed by atoms with Gasteiger partial charge in [0.05, 0.1) is 24.4 Å². The van der Waals surface area contributed by atoms with Crippen LogP contribution in [0.4, 0.5) is 0 Å². The highest BCUT2D eigenvalue weighted by molar-refractivity contribution is 8.13. The number of carbonyl (C=O) groups is 5. The number of thioether (sulfide) groups is 2. The first kappa shape index (κ1) is 30.1. The maximum absolute atomic E-state index is 13.0. The monoisotopic (exact) mass is 548 g/mol. The molecule has 0 saturated carbocycles. The predicted molar refractivity (Wildman–Crippen MR) is 143 cm³/mol. The number of nitrogens with one attached hydrogen (secondary N) is 3. The molecular formula is C25H32N4O6S2. The van der Waals surface area contributed by atoms with E-state index >= 15 is 0 Å². The normalized spacial score (nSPS) is 19.9. The molecule has 10 nitrogen and oxygen atoms in total. The van der Waals surface area contributed by atoms with E-state index in [0.717, 1.165) is 4.90 Å². The van der Waals surface area contributed by atoms with Crippen LogP contribution in [0.25, 0.3) is 0 Å². The Bertz CT molecular complexity index is 1090. The third-order valence-corrected chi connectivity index (χ3v) is 6.84. The van der Waals surface area contributed by atoms with Crippen molar-refractivity contribution in [1.82, 2.24) is 20.9 Å². The summed E-state index contributed by atoms with van der Waals surface area (Å²) in [4.78, 5) is 67.4. The van der Waals surface area contributed by atoms with E-state index < -0.39 is 35.8 Å². The molecule has 37 heavy (non-hydrogen) atoms. The fourth-order valence-corrected chi connectivity index (χ4v) is 4.34. The molecular weight excluding hydrogens is 516 g/mol. The van der Waals surface area contributed by atoms with Gasteiger partial charge in [0.2, 0.25) is 5.91 Å². The highest BCUT2D eigenvalue weighted by Gasteiger charge is 2.29. The average molecular weight is 549 g/mol. The maximum Gasteiger partial charge on any atom is 0.329 e. The highest BCUT2D eigenvalue weighted by atomic mass is 32.2. The Morgan fingerprint density at radius 1 is 1.24 bits per heavy atom. The summed E-state index contributed by atoms with van der Waals surface area (Å²) >= 11 is 2.58. The molecule has 2 heterocycles. The number of amides is 3. The lowest BCUT2D eigenvalue weighted by Gasteiger charge is -2.24. The van der Waals surface area contributed by atoms with Crippen LogP contribution in [0, 0.1) is 5.92 Å². The van der Waals surface area contributed by atoms with Gasteiger partial charge in [0.25, 0.3) is 11.8 Å². The van der Waals surface area contributed by atoms with Crippen LogP contribution in [0.1, 0.15) is 49.8 Å². The third kappa shape index (κ3) is 9.69. The lowest BCUT2D eigenvalue weighted by Crippen LogP contribution is -2.48. The van der Waals surface area contributed by atoms with E-state index in [0.29, 0.717) is 17.9 Å². The van der Waals surface area contributed by atoms with Gasteiger partial charge in [0.1, 0.15) is 17.8 Å². The lowest BCUT2D eigenvalue weighted by molar-refractivity contribution is -0.153. The number of aromatic nitrogens is 1. The van der Waals surface area contributed by atoms with Crippen molar-refractivity contribution in [3.8, 4) is 0 Å². The predicted octanol–water partition coefficient (Wildman–Crippen LogP) is 2.35. The topological polar surface area (TPSA) is 144 Å². The molecule has 2 atom stereocenters. The SMILES string of the molecule is C=C1NC(=O)c2ccc(SC)c(n2)CNC(=O)C[C@@H](/C=C/CCSC(C)=O)OC(=O)[C@H](C(C)C)NC1=O. The molecule has 2 rings (SSSR count). The summed E-state index contributed by atoms with van der Waals surface area (Å²) in [5, 5.41) is 7.72. The van der Waals surface area contributed by atoms with Gasteiger partial charge in [-0.3, -0.25) is 19.2 Å². The van der Waals surface area contributed by atoms with Gasteiger partial charge < -0.3 is 20.7 Å². The highest BCUT2D eigenvalue weighted by Crippen LogP contribution is 2.20. The summed E-state index contributed by atoms with van der Waals surface area (Å²) in [6.07, 6.45) is 4.67. The van der Waals surface area contributed by atoms with Crippen molar-refractivity contribution < 1.29 is 28.7 Å². The molecule has 0 aromatic carbocycles. The smallest absolute Gasteiger partial charge is 0.329 e. The summed E-state index contributed by atoms with van der Waals surface area (Å²) in [5.41, 5.74) is 0.272. The van der Waals surface area contributed by atoms with Gasteiger partial charge in [-0.05, 0) is 36.8 Å². The minimum atomic E-state index is -1.05. The molecule has 0 fully saturated rings. The van der Waals surface area contributed by atoms with E-state index in [1.807, 2.05) is 6.26 Å².